The van der Waals surface area contributed by atoms with Gasteiger partial charge in [0.05, 0.1) is 19.8 Å². The number of morpholine rings is 1. The van der Waals surface area contributed by atoms with E-state index in [-0.39, 0.29) is 5.91 Å². The van der Waals surface area contributed by atoms with E-state index in [4.69, 9.17) is 4.74 Å². The van der Waals surface area contributed by atoms with Crippen LogP contribution in [0.3, 0.4) is 0 Å². The summed E-state index contributed by atoms with van der Waals surface area (Å²) in [6.07, 6.45) is 0. The maximum Gasteiger partial charge on any atom is 0.238 e. The van der Waals surface area contributed by atoms with Gasteiger partial charge in [-0.3, -0.25) is 4.79 Å². The van der Waals surface area contributed by atoms with Crippen molar-refractivity contribution in [1.29, 1.82) is 0 Å². The zero-order chi connectivity index (χ0) is 14.4. The van der Waals surface area contributed by atoms with Crippen LogP contribution in [0, 0.1) is 0 Å². The van der Waals surface area contributed by atoms with Crippen molar-refractivity contribution in [3.8, 4) is 0 Å². The molecule has 0 unspecified atom stereocenters. The number of carbonyl (C=O) groups is 1. The van der Waals surface area contributed by atoms with Crippen molar-refractivity contribution in [2.24, 2.45) is 0 Å². The predicted octanol–water partition coefficient (Wildman–Crippen LogP) is 1.46. The van der Waals surface area contributed by atoms with E-state index >= 15 is 0 Å². The fraction of sp³-hybridized carbons (Fsp3) is 0.533. The van der Waals surface area contributed by atoms with Crippen molar-refractivity contribution in [2.45, 2.75) is 19.9 Å². The van der Waals surface area contributed by atoms with E-state index in [1.165, 1.54) is 5.69 Å². The lowest BCUT2D eigenvalue weighted by Gasteiger charge is -2.28. The minimum absolute atomic E-state index is 0.0159. The van der Waals surface area contributed by atoms with E-state index < -0.39 is 0 Å². The number of amides is 1. The van der Waals surface area contributed by atoms with Gasteiger partial charge in [0.25, 0.3) is 0 Å². The first-order valence-electron chi connectivity index (χ1n) is 7.11. The molecule has 1 heterocycles. The van der Waals surface area contributed by atoms with Crippen molar-refractivity contribution in [1.82, 2.24) is 5.32 Å². The molecule has 1 aliphatic rings. The highest BCUT2D eigenvalue weighted by atomic mass is 16.5. The van der Waals surface area contributed by atoms with Gasteiger partial charge < -0.3 is 20.3 Å². The molecule has 0 saturated carbocycles. The largest absolute Gasteiger partial charge is 0.378 e. The van der Waals surface area contributed by atoms with Crippen molar-refractivity contribution in [3.63, 3.8) is 0 Å². The van der Waals surface area contributed by atoms with Crippen LogP contribution in [-0.4, -0.2) is 44.8 Å². The first-order valence-corrected chi connectivity index (χ1v) is 7.11. The average molecular weight is 277 g/mol. The maximum absolute atomic E-state index is 11.7. The Morgan fingerprint density at radius 2 is 1.90 bits per heavy atom. The molecule has 5 nitrogen and oxygen atoms in total. The van der Waals surface area contributed by atoms with Gasteiger partial charge in [0.1, 0.15) is 0 Å². The van der Waals surface area contributed by atoms with Crippen molar-refractivity contribution < 1.29 is 9.53 Å². The fourth-order valence-corrected chi connectivity index (χ4v) is 2.08. The Balaban J connectivity index is 1.86. The third-order valence-electron chi connectivity index (χ3n) is 3.20. The normalized spacial score (nSPS) is 15.4. The highest BCUT2D eigenvalue weighted by Gasteiger charge is 2.11. The molecule has 0 radical (unpaired) electrons. The van der Waals surface area contributed by atoms with E-state index in [1.807, 2.05) is 38.1 Å². The Hall–Kier alpha value is -1.59. The molecule has 0 spiro atoms. The number of ether oxygens (including phenoxy) is 1. The third-order valence-corrected chi connectivity index (χ3v) is 3.20. The predicted molar refractivity (Wildman–Crippen MR) is 81.2 cm³/mol. The number of benzene rings is 1. The summed E-state index contributed by atoms with van der Waals surface area (Å²) >= 11 is 0. The van der Waals surface area contributed by atoms with E-state index in [0.717, 1.165) is 32.0 Å². The molecule has 0 aromatic heterocycles. The molecule has 2 N–H and O–H groups in total. The van der Waals surface area contributed by atoms with Crippen molar-refractivity contribution in [3.05, 3.63) is 24.3 Å². The lowest BCUT2D eigenvalue weighted by Crippen LogP contribution is -2.36. The van der Waals surface area contributed by atoms with Gasteiger partial charge in [-0.1, -0.05) is 13.8 Å². The van der Waals surface area contributed by atoms with Gasteiger partial charge in [-0.15, -0.1) is 0 Å². The number of anilines is 2. The van der Waals surface area contributed by atoms with E-state index in [1.54, 1.807) is 0 Å². The van der Waals surface area contributed by atoms with Gasteiger partial charge in [0.2, 0.25) is 5.91 Å². The molecule has 5 heteroatoms. The number of nitrogens with one attached hydrogen (secondary N) is 2. The van der Waals surface area contributed by atoms with Crippen LogP contribution >= 0.6 is 0 Å². The molecular formula is C15H23N3O2. The number of carbonyl (C=O) groups excluding carboxylic acids is 1. The van der Waals surface area contributed by atoms with Crippen molar-refractivity contribution >= 4 is 17.3 Å². The van der Waals surface area contributed by atoms with Crippen LogP contribution < -0.4 is 15.5 Å². The molecule has 110 valence electrons. The van der Waals surface area contributed by atoms with Crippen LogP contribution in [0.25, 0.3) is 0 Å². The van der Waals surface area contributed by atoms with Crippen LogP contribution in [-0.2, 0) is 9.53 Å². The Bertz CT molecular complexity index is 425. The number of hydrogen-bond donors (Lipinski definition) is 2. The Kier molecular flexibility index (Phi) is 5.38. The summed E-state index contributed by atoms with van der Waals surface area (Å²) in [6.45, 7) is 7.77. The fourth-order valence-electron chi connectivity index (χ4n) is 2.08. The van der Waals surface area contributed by atoms with E-state index in [0.29, 0.717) is 12.6 Å². The SMILES string of the molecule is CC(C)NCC(=O)Nc1ccc(N2CCOCC2)cc1. The van der Waals surface area contributed by atoms with Gasteiger partial charge in [0, 0.05) is 30.5 Å². The number of rotatable bonds is 5. The summed E-state index contributed by atoms with van der Waals surface area (Å²) in [5.41, 5.74) is 2.00. The molecule has 1 amide bonds. The average Bonchev–Trinajstić information content (AvgIpc) is 2.47. The van der Waals surface area contributed by atoms with E-state index in [9.17, 15) is 4.79 Å². The highest BCUT2D eigenvalue weighted by molar-refractivity contribution is 5.92. The Morgan fingerprint density at radius 1 is 1.25 bits per heavy atom. The standard InChI is InChI=1S/C15H23N3O2/c1-12(2)16-11-15(19)17-13-3-5-14(6-4-13)18-7-9-20-10-8-18/h3-6,12,16H,7-11H2,1-2H3,(H,17,19). The topological polar surface area (TPSA) is 53.6 Å². The summed E-state index contributed by atoms with van der Waals surface area (Å²) in [5.74, 6) is -0.0159. The Morgan fingerprint density at radius 3 is 2.50 bits per heavy atom. The van der Waals surface area contributed by atoms with Crippen LogP contribution in [0.1, 0.15) is 13.8 Å². The van der Waals surface area contributed by atoms with Gasteiger partial charge in [0.15, 0.2) is 0 Å². The molecule has 0 bridgehead atoms. The zero-order valence-corrected chi connectivity index (χ0v) is 12.2. The van der Waals surface area contributed by atoms with Gasteiger partial charge in [-0.2, -0.15) is 0 Å². The Labute approximate surface area is 120 Å². The molecule has 1 aliphatic heterocycles. The molecule has 2 rings (SSSR count). The van der Waals surface area contributed by atoms with E-state index in [2.05, 4.69) is 15.5 Å². The first-order chi connectivity index (χ1) is 9.65. The van der Waals surface area contributed by atoms with Crippen LogP contribution in [0.15, 0.2) is 24.3 Å². The molecule has 1 fully saturated rings. The summed E-state index contributed by atoms with van der Waals surface area (Å²) in [6, 6.07) is 8.27. The number of nitrogens with zero attached hydrogens (tertiary/aromatic N) is 1. The lowest BCUT2D eigenvalue weighted by atomic mass is 10.2. The summed E-state index contributed by atoms with van der Waals surface area (Å²) < 4.78 is 5.34. The smallest absolute Gasteiger partial charge is 0.238 e. The third kappa shape index (κ3) is 4.51. The lowest BCUT2D eigenvalue weighted by molar-refractivity contribution is -0.115. The molecule has 0 atom stereocenters. The second-order valence-corrected chi connectivity index (χ2v) is 5.23. The molecule has 20 heavy (non-hydrogen) atoms. The summed E-state index contributed by atoms with van der Waals surface area (Å²) in [5, 5.41) is 5.98. The van der Waals surface area contributed by atoms with Gasteiger partial charge in [-0.25, -0.2) is 0 Å². The van der Waals surface area contributed by atoms with Gasteiger partial charge >= 0.3 is 0 Å². The molecule has 1 aromatic carbocycles. The molecule has 1 saturated heterocycles. The second-order valence-electron chi connectivity index (χ2n) is 5.23. The quantitative estimate of drug-likeness (QED) is 0.855. The molecular weight excluding hydrogens is 254 g/mol. The molecule has 0 aliphatic carbocycles. The number of hydrogen-bond acceptors (Lipinski definition) is 4. The highest BCUT2D eigenvalue weighted by Crippen LogP contribution is 2.18. The van der Waals surface area contributed by atoms with Crippen LogP contribution in [0.2, 0.25) is 0 Å². The summed E-state index contributed by atoms with van der Waals surface area (Å²) in [7, 11) is 0. The van der Waals surface area contributed by atoms with Crippen molar-refractivity contribution in [2.75, 3.05) is 43.1 Å². The minimum Gasteiger partial charge on any atom is -0.378 e. The second kappa shape index (κ2) is 7.26. The zero-order valence-electron chi connectivity index (χ0n) is 12.2. The first kappa shape index (κ1) is 14.8. The van der Waals surface area contributed by atoms with Crippen LogP contribution in [0.4, 0.5) is 11.4 Å². The monoisotopic (exact) mass is 277 g/mol. The molecule has 1 aromatic rings. The van der Waals surface area contributed by atoms with Crippen LogP contribution in [0.5, 0.6) is 0 Å². The summed E-state index contributed by atoms with van der Waals surface area (Å²) in [4.78, 5) is 14.0. The maximum atomic E-state index is 11.7. The van der Waals surface area contributed by atoms with Gasteiger partial charge in [-0.05, 0) is 24.3 Å². The minimum atomic E-state index is -0.0159.